The van der Waals surface area contributed by atoms with Gasteiger partial charge in [-0.15, -0.1) is 0 Å². The third kappa shape index (κ3) is 11.1. The number of sulfonamides is 1. The predicted octanol–water partition coefficient (Wildman–Crippen LogP) is 3.88. The summed E-state index contributed by atoms with van der Waals surface area (Å²) in [5.74, 6) is -2.15. The zero-order chi connectivity index (χ0) is 29.9. The lowest BCUT2D eigenvalue weighted by molar-refractivity contribution is -0.192. The van der Waals surface area contributed by atoms with Crippen LogP contribution in [0.4, 0.5) is 18.9 Å². The lowest BCUT2D eigenvalue weighted by Crippen LogP contribution is -2.33. The summed E-state index contributed by atoms with van der Waals surface area (Å²) in [6.45, 7) is 0.311. The lowest BCUT2D eigenvalue weighted by Gasteiger charge is -2.23. The molecule has 0 aliphatic heterocycles. The molecule has 2 atom stereocenters. The van der Waals surface area contributed by atoms with Gasteiger partial charge in [0.1, 0.15) is 11.5 Å². The molecular formula is C27H31F3N2O7S. The first-order valence-electron chi connectivity index (χ1n) is 11.9. The van der Waals surface area contributed by atoms with Crippen LogP contribution in [0.25, 0.3) is 0 Å². The monoisotopic (exact) mass is 584 g/mol. The molecule has 218 valence electrons. The number of ether oxygens (including phenoxy) is 1. The largest absolute Gasteiger partial charge is 0.506 e. The SMILES string of the molecule is COc1ccccc1C(Cc1ccccc1)NC[C@@H](O)Cc1ccc(O)c(NS(C)(=O)=O)c1.O=C(O)C(F)(F)F. The number of aliphatic carboxylic acids is 1. The highest BCUT2D eigenvalue weighted by molar-refractivity contribution is 7.92. The second kappa shape index (κ2) is 14.5. The number of carbonyl (C=O) groups is 1. The zero-order valence-electron chi connectivity index (χ0n) is 21.7. The van der Waals surface area contributed by atoms with Gasteiger partial charge in [-0.1, -0.05) is 54.6 Å². The summed E-state index contributed by atoms with van der Waals surface area (Å²) in [6, 6.07) is 22.4. The van der Waals surface area contributed by atoms with E-state index >= 15 is 0 Å². The number of nitrogens with one attached hydrogen (secondary N) is 2. The number of aliphatic hydroxyl groups is 1. The van der Waals surface area contributed by atoms with Crippen molar-refractivity contribution in [3.63, 3.8) is 0 Å². The first-order valence-corrected chi connectivity index (χ1v) is 13.8. The highest BCUT2D eigenvalue weighted by Gasteiger charge is 2.38. The number of aromatic hydroxyl groups is 1. The molecule has 3 aromatic rings. The number of halogens is 3. The van der Waals surface area contributed by atoms with Gasteiger partial charge in [-0.2, -0.15) is 13.2 Å². The minimum atomic E-state index is -5.08. The van der Waals surface area contributed by atoms with Gasteiger partial charge >= 0.3 is 12.1 Å². The lowest BCUT2D eigenvalue weighted by atomic mass is 9.97. The molecule has 3 rings (SSSR count). The Balaban J connectivity index is 0.000000708. The van der Waals surface area contributed by atoms with Crippen LogP contribution < -0.4 is 14.8 Å². The molecule has 0 heterocycles. The van der Waals surface area contributed by atoms with Crippen LogP contribution in [-0.2, 0) is 27.7 Å². The number of benzene rings is 3. The van der Waals surface area contributed by atoms with Gasteiger partial charge in [0.05, 0.1) is 25.2 Å². The maximum atomic E-state index is 11.5. The van der Waals surface area contributed by atoms with Crippen LogP contribution in [0.5, 0.6) is 11.5 Å². The molecule has 3 aromatic carbocycles. The number of hydrogen-bond acceptors (Lipinski definition) is 7. The van der Waals surface area contributed by atoms with Gasteiger partial charge in [0, 0.05) is 18.2 Å². The van der Waals surface area contributed by atoms with Gasteiger partial charge in [0.2, 0.25) is 10.0 Å². The molecule has 0 bridgehead atoms. The first kappa shape index (κ1) is 32.4. The Morgan fingerprint density at radius 3 is 2.15 bits per heavy atom. The van der Waals surface area contributed by atoms with Gasteiger partial charge < -0.3 is 25.4 Å². The van der Waals surface area contributed by atoms with E-state index < -0.39 is 28.3 Å². The molecule has 0 aliphatic carbocycles. The van der Waals surface area contributed by atoms with Crippen molar-refractivity contribution in [2.24, 2.45) is 0 Å². The molecule has 9 nitrogen and oxygen atoms in total. The van der Waals surface area contributed by atoms with E-state index in [0.717, 1.165) is 29.6 Å². The zero-order valence-corrected chi connectivity index (χ0v) is 22.5. The predicted molar refractivity (Wildman–Crippen MR) is 144 cm³/mol. The number of hydrogen-bond donors (Lipinski definition) is 5. The van der Waals surface area contributed by atoms with Crippen LogP contribution in [0.2, 0.25) is 0 Å². The highest BCUT2D eigenvalue weighted by Crippen LogP contribution is 2.28. The molecule has 40 heavy (non-hydrogen) atoms. The Bertz CT molecular complexity index is 1350. The van der Waals surface area contributed by atoms with Crippen molar-refractivity contribution in [1.82, 2.24) is 5.32 Å². The molecule has 0 saturated carbocycles. The second-order valence-electron chi connectivity index (χ2n) is 8.78. The van der Waals surface area contributed by atoms with E-state index in [2.05, 4.69) is 22.2 Å². The highest BCUT2D eigenvalue weighted by atomic mass is 32.2. The quantitative estimate of drug-likeness (QED) is 0.214. The molecule has 0 aromatic heterocycles. The van der Waals surface area contributed by atoms with Crippen LogP contribution in [0, 0.1) is 0 Å². The summed E-state index contributed by atoms with van der Waals surface area (Å²) in [6.07, 6.45) is -3.79. The maximum Gasteiger partial charge on any atom is 0.490 e. The summed E-state index contributed by atoms with van der Waals surface area (Å²) in [4.78, 5) is 8.90. The molecule has 1 unspecified atom stereocenters. The molecule has 0 saturated heterocycles. The van der Waals surface area contributed by atoms with E-state index in [-0.39, 0.29) is 23.9 Å². The maximum absolute atomic E-state index is 11.5. The second-order valence-corrected chi connectivity index (χ2v) is 10.5. The van der Waals surface area contributed by atoms with Gasteiger partial charge in [-0.3, -0.25) is 4.72 Å². The molecule has 13 heteroatoms. The van der Waals surface area contributed by atoms with E-state index in [1.807, 2.05) is 42.5 Å². The fraction of sp³-hybridized carbons (Fsp3) is 0.296. The van der Waals surface area contributed by atoms with Crippen molar-refractivity contribution >= 4 is 21.7 Å². The summed E-state index contributed by atoms with van der Waals surface area (Å²) in [5, 5.41) is 31.2. The number of aliphatic hydroxyl groups excluding tert-OH is 1. The Morgan fingerprint density at radius 2 is 1.57 bits per heavy atom. The minimum Gasteiger partial charge on any atom is -0.506 e. The summed E-state index contributed by atoms with van der Waals surface area (Å²) < 4.78 is 62.6. The average Bonchev–Trinajstić information content (AvgIpc) is 2.88. The van der Waals surface area contributed by atoms with Crippen LogP contribution >= 0.6 is 0 Å². The Morgan fingerprint density at radius 1 is 0.975 bits per heavy atom. The third-order valence-electron chi connectivity index (χ3n) is 5.47. The Labute approximate surface area is 230 Å². The summed E-state index contributed by atoms with van der Waals surface area (Å²) in [7, 11) is -1.89. The fourth-order valence-electron chi connectivity index (χ4n) is 3.71. The van der Waals surface area contributed by atoms with E-state index in [4.69, 9.17) is 14.6 Å². The molecule has 0 radical (unpaired) electrons. The summed E-state index contributed by atoms with van der Waals surface area (Å²) in [5.41, 5.74) is 2.95. The van der Waals surface area contributed by atoms with E-state index in [1.54, 1.807) is 13.2 Å². The number of phenolic OH excluding ortho intramolecular Hbond substituents is 1. The average molecular weight is 585 g/mol. The topological polar surface area (TPSA) is 145 Å². The normalized spacial score (nSPS) is 12.9. The van der Waals surface area contributed by atoms with Crippen LogP contribution in [0.1, 0.15) is 22.7 Å². The standard InChI is InChI=1S/C25H30N2O5S.C2HF3O2/c1-32-25-11-7-6-10-21(25)22(15-18-8-4-3-5-9-18)26-17-20(28)14-19-12-13-24(29)23(16-19)27-33(2,30)31;3-2(4,5)1(6)7/h3-13,16,20,22,26-29H,14-15,17H2,1-2H3;(H,6,7)/t20-,22?;/m0./s1. The van der Waals surface area contributed by atoms with Crippen LogP contribution in [0.3, 0.4) is 0 Å². The van der Waals surface area contributed by atoms with Crippen molar-refractivity contribution in [2.75, 3.05) is 24.6 Å². The molecule has 5 N–H and O–H groups in total. The number of carboxylic acid groups (broad SMARTS) is 1. The Kier molecular flexibility index (Phi) is 11.8. The van der Waals surface area contributed by atoms with Crippen LogP contribution in [-0.4, -0.2) is 61.9 Å². The number of alkyl halides is 3. The minimum absolute atomic E-state index is 0.0829. The van der Waals surface area contributed by atoms with Crippen molar-refractivity contribution in [3.8, 4) is 11.5 Å². The number of para-hydroxylation sites is 1. The molecule has 0 amide bonds. The number of rotatable bonds is 11. The third-order valence-corrected chi connectivity index (χ3v) is 6.06. The van der Waals surface area contributed by atoms with Crippen molar-refractivity contribution < 1.29 is 46.4 Å². The van der Waals surface area contributed by atoms with Crippen molar-refractivity contribution in [3.05, 3.63) is 89.5 Å². The van der Waals surface area contributed by atoms with Gasteiger partial charge in [-0.25, -0.2) is 13.2 Å². The smallest absolute Gasteiger partial charge is 0.490 e. The van der Waals surface area contributed by atoms with E-state index in [0.29, 0.717) is 12.1 Å². The number of phenols is 1. The van der Waals surface area contributed by atoms with Gasteiger partial charge in [0.15, 0.2) is 0 Å². The molecule has 0 spiro atoms. The molecular weight excluding hydrogens is 553 g/mol. The summed E-state index contributed by atoms with van der Waals surface area (Å²) >= 11 is 0. The Hall–Kier alpha value is -3.81. The van der Waals surface area contributed by atoms with Crippen molar-refractivity contribution in [2.45, 2.75) is 31.2 Å². The molecule has 0 aliphatic rings. The first-order chi connectivity index (χ1) is 18.7. The van der Waals surface area contributed by atoms with Crippen molar-refractivity contribution in [1.29, 1.82) is 0 Å². The van der Waals surface area contributed by atoms with Crippen LogP contribution in [0.15, 0.2) is 72.8 Å². The van der Waals surface area contributed by atoms with E-state index in [1.165, 1.54) is 12.1 Å². The van der Waals surface area contributed by atoms with Gasteiger partial charge in [0.25, 0.3) is 0 Å². The van der Waals surface area contributed by atoms with E-state index in [9.17, 15) is 31.8 Å². The number of anilines is 1. The number of carboxylic acids is 1. The molecule has 0 fully saturated rings. The fourth-order valence-corrected chi connectivity index (χ4v) is 4.27. The number of methoxy groups -OCH3 is 1. The van der Waals surface area contributed by atoms with Gasteiger partial charge in [-0.05, 0) is 42.2 Å².